The van der Waals surface area contributed by atoms with Crippen LogP contribution in [0.2, 0.25) is 0 Å². The number of anilines is 2. The zero-order valence-electron chi connectivity index (χ0n) is 18.0. The molecule has 3 aromatic carbocycles. The average molecular weight is 431 g/mol. The van der Waals surface area contributed by atoms with E-state index in [9.17, 15) is 9.59 Å². The number of nitrogens with one attached hydrogen (secondary N) is 1. The number of nitrogens with zero attached hydrogens (tertiary/aromatic N) is 1. The molecule has 1 atom stereocenters. The average Bonchev–Trinajstić information content (AvgIpc) is 3.22. The van der Waals surface area contributed by atoms with Gasteiger partial charge in [0.05, 0.1) is 31.0 Å². The minimum absolute atomic E-state index is 0.0953. The maximum absolute atomic E-state index is 13.0. The van der Waals surface area contributed by atoms with Crippen molar-refractivity contribution < 1.29 is 19.1 Å². The smallest absolute Gasteiger partial charge is 0.229 e. The molecule has 6 nitrogen and oxygen atoms in total. The molecule has 0 saturated carbocycles. The normalized spacial score (nSPS) is 15.5. The fraction of sp³-hybridized carbons (Fsp3) is 0.231. The maximum atomic E-state index is 13.0. The van der Waals surface area contributed by atoms with Crippen molar-refractivity contribution >= 4 is 23.2 Å². The molecule has 6 heteroatoms. The van der Waals surface area contributed by atoms with E-state index in [0.29, 0.717) is 36.0 Å². The largest absolute Gasteiger partial charge is 0.495 e. The molecular weight excluding hydrogens is 404 g/mol. The summed E-state index contributed by atoms with van der Waals surface area (Å²) >= 11 is 0. The molecule has 0 bridgehead atoms. The predicted octanol–water partition coefficient (Wildman–Crippen LogP) is 4.31. The first-order valence-electron chi connectivity index (χ1n) is 10.7. The summed E-state index contributed by atoms with van der Waals surface area (Å²) < 4.78 is 11.3. The lowest BCUT2D eigenvalue weighted by Crippen LogP contribution is -2.28. The zero-order chi connectivity index (χ0) is 22.3. The molecular formula is C26H26N2O4. The van der Waals surface area contributed by atoms with Crippen LogP contribution >= 0.6 is 0 Å². The Morgan fingerprint density at radius 3 is 2.44 bits per heavy atom. The van der Waals surface area contributed by atoms with Crippen LogP contribution in [0.15, 0.2) is 78.9 Å². The van der Waals surface area contributed by atoms with E-state index in [2.05, 4.69) is 17.4 Å². The molecule has 0 aromatic heterocycles. The molecule has 0 radical (unpaired) electrons. The van der Waals surface area contributed by atoms with E-state index in [-0.39, 0.29) is 18.2 Å². The van der Waals surface area contributed by atoms with Gasteiger partial charge < -0.3 is 19.7 Å². The number of rotatable bonds is 8. The minimum Gasteiger partial charge on any atom is -0.495 e. The SMILES string of the molecule is COc1ccccc1N1CC(C(=O)Nc2ccccc2OCCc2ccccc2)CC1=O. The topological polar surface area (TPSA) is 67.9 Å². The van der Waals surface area contributed by atoms with Gasteiger partial charge in [-0.25, -0.2) is 0 Å². The number of carbonyl (C=O) groups excluding carboxylic acids is 2. The van der Waals surface area contributed by atoms with Crippen LogP contribution in [0.3, 0.4) is 0 Å². The fourth-order valence-corrected chi connectivity index (χ4v) is 3.82. The van der Waals surface area contributed by atoms with Crippen molar-refractivity contribution in [3.05, 3.63) is 84.4 Å². The van der Waals surface area contributed by atoms with E-state index in [1.54, 1.807) is 18.1 Å². The Morgan fingerprint density at radius 1 is 0.969 bits per heavy atom. The van der Waals surface area contributed by atoms with Gasteiger partial charge in [0, 0.05) is 19.4 Å². The van der Waals surface area contributed by atoms with Crippen molar-refractivity contribution in [2.45, 2.75) is 12.8 Å². The molecule has 164 valence electrons. The number of methoxy groups -OCH3 is 1. The Hall–Kier alpha value is -3.80. The summed E-state index contributed by atoms with van der Waals surface area (Å²) in [6.45, 7) is 0.808. The molecule has 0 spiro atoms. The Bertz CT molecular complexity index is 1080. The Morgan fingerprint density at radius 2 is 1.66 bits per heavy atom. The first-order valence-corrected chi connectivity index (χ1v) is 10.7. The van der Waals surface area contributed by atoms with Gasteiger partial charge in [-0.15, -0.1) is 0 Å². The van der Waals surface area contributed by atoms with Crippen molar-refractivity contribution in [1.82, 2.24) is 0 Å². The van der Waals surface area contributed by atoms with Gasteiger partial charge in [0.15, 0.2) is 0 Å². The van der Waals surface area contributed by atoms with Gasteiger partial charge in [-0.1, -0.05) is 54.6 Å². The second-order valence-electron chi connectivity index (χ2n) is 7.65. The maximum Gasteiger partial charge on any atom is 0.229 e. The lowest BCUT2D eigenvalue weighted by atomic mass is 10.1. The van der Waals surface area contributed by atoms with E-state index in [1.807, 2.05) is 60.7 Å². The Balaban J connectivity index is 1.39. The van der Waals surface area contributed by atoms with Gasteiger partial charge in [-0.05, 0) is 29.8 Å². The highest BCUT2D eigenvalue weighted by molar-refractivity contribution is 6.04. The van der Waals surface area contributed by atoms with E-state index in [1.165, 1.54) is 5.56 Å². The predicted molar refractivity (Wildman–Crippen MR) is 124 cm³/mol. The lowest BCUT2D eigenvalue weighted by Gasteiger charge is -2.19. The summed E-state index contributed by atoms with van der Waals surface area (Å²) in [7, 11) is 1.57. The number of hydrogen-bond donors (Lipinski definition) is 1. The molecule has 1 saturated heterocycles. The van der Waals surface area contributed by atoms with Crippen LogP contribution in [0.4, 0.5) is 11.4 Å². The number of benzene rings is 3. The van der Waals surface area contributed by atoms with Gasteiger partial charge in [-0.2, -0.15) is 0 Å². The van der Waals surface area contributed by atoms with Gasteiger partial charge in [0.2, 0.25) is 11.8 Å². The molecule has 1 aliphatic rings. The van der Waals surface area contributed by atoms with Crippen molar-refractivity contribution in [3.8, 4) is 11.5 Å². The summed E-state index contributed by atoms with van der Waals surface area (Å²) in [5.41, 5.74) is 2.48. The fourth-order valence-electron chi connectivity index (χ4n) is 3.82. The third kappa shape index (κ3) is 4.91. The number of hydrogen-bond acceptors (Lipinski definition) is 4. The van der Waals surface area contributed by atoms with Crippen LogP contribution in [0.5, 0.6) is 11.5 Å². The molecule has 1 unspecified atom stereocenters. The van der Waals surface area contributed by atoms with Crippen LogP contribution < -0.4 is 19.7 Å². The summed E-state index contributed by atoms with van der Waals surface area (Å²) in [5.74, 6) is 0.475. The molecule has 32 heavy (non-hydrogen) atoms. The van der Waals surface area contributed by atoms with E-state index >= 15 is 0 Å². The molecule has 2 amide bonds. The molecule has 1 fully saturated rings. The van der Waals surface area contributed by atoms with Crippen molar-refractivity contribution in [2.24, 2.45) is 5.92 Å². The van der Waals surface area contributed by atoms with Gasteiger partial charge in [-0.3, -0.25) is 9.59 Å². The number of para-hydroxylation sites is 4. The van der Waals surface area contributed by atoms with Crippen LogP contribution in [0.25, 0.3) is 0 Å². The van der Waals surface area contributed by atoms with Gasteiger partial charge in [0.25, 0.3) is 0 Å². The summed E-state index contributed by atoms with van der Waals surface area (Å²) in [6, 6.07) is 24.8. The molecule has 1 heterocycles. The second-order valence-corrected chi connectivity index (χ2v) is 7.65. The lowest BCUT2D eigenvalue weighted by molar-refractivity contribution is -0.122. The van der Waals surface area contributed by atoms with Gasteiger partial charge >= 0.3 is 0 Å². The third-order valence-electron chi connectivity index (χ3n) is 5.51. The molecule has 4 rings (SSSR count). The molecule has 0 aliphatic carbocycles. The van der Waals surface area contributed by atoms with Crippen LogP contribution in [-0.2, 0) is 16.0 Å². The van der Waals surface area contributed by atoms with Crippen LogP contribution in [0.1, 0.15) is 12.0 Å². The van der Waals surface area contributed by atoms with E-state index in [0.717, 1.165) is 6.42 Å². The molecule has 1 aliphatic heterocycles. The van der Waals surface area contributed by atoms with Crippen LogP contribution in [0, 0.1) is 5.92 Å². The summed E-state index contributed by atoms with van der Waals surface area (Å²) in [6.07, 6.45) is 0.926. The highest BCUT2D eigenvalue weighted by atomic mass is 16.5. The number of amides is 2. The van der Waals surface area contributed by atoms with E-state index < -0.39 is 5.92 Å². The van der Waals surface area contributed by atoms with Gasteiger partial charge in [0.1, 0.15) is 11.5 Å². The molecule has 1 N–H and O–H groups in total. The van der Waals surface area contributed by atoms with Crippen molar-refractivity contribution in [1.29, 1.82) is 0 Å². The van der Waals surface area contributed by atoms with E-state index in [4.69, 9.17) is 9.47 Å². The summed E-state index contributed by atoms with van der Waals surface area (Å²) in [4.78, 5) is 27.2. The number of carbonyl (C=O) groups is 2. The van der Waals surface area contributed by atoms with Crippen LogP contribution in [-0.4, -0.2) is 32.1 Å². The highest BCUT2D eigenvalue weighted by Gasteiger charge is 2.36. The standard InChI is InChI=1S/C26H26N2O4/c1-31-24-14-8-6-12-22(24)28-18-20(17-25(28)29)26(30)27-21-11-5-7-13-23(21)32-16-15-19-9-3-2-4-10-19/h2-14,20H,15-18H2,1H3,(H,27,30). The Labute approximate surface area is 187 Å². The zero-order valence-corrected chi connectivity index (χ0v) is 18.0. The quantitative estimate of drug-likeness (QED) is 0.578. The summed E-state index contributed by atoms with van der Waals surface area (Å²) in [5, 5.41) is 2.95. The third-order valence-corrected chi connectivity index (χ3v) is 5.51. The Kier molecular flexibility index (Phi) is 6.70. The first kappa shape index (κ1) is 21.4. The highest BCUT2D eigenvalue weighted by Crippen LogP contribution is 2.33. The molecule has 3 aromatic rings. The number of ether oxygens (including phenoxy) is 2. The van der Waals surface area contributed by atoms with Crippen molar-refractivity contribution in [2.75, 3.05) is 30.5 Å². The monoisotopic (exact) mass is 430 g/mol. The second kappa shape index (κ2) is 10.0. The van der Waals surface area contributed by atoms with Crippen molar-refractivity contribution in [3.63, 3.8) is 0 Å². The minimum atomic E-state index is -0.454. The first-order chi connectivity index (χ1) is 15.7.